The molecular formula is C40H48N2O6. The largest absolute Gasteiger partial charge is 0.489 e. The first kappa shape index (κ1) is 36.2. The molecule has 0 aliphatic heterocycles. The molecule has 0 saturated carbocycles. The minimum Gasteiger partial charge on any atom is -0.489 e. The summed E-state index contributed by atoms with van der Waals surface area (Å²) in [5.41, 5.74) is 15.1. The van der Waals surface area contributed by atoms with Gasteiger partial charge in [-0.15, -0.1) is 0 Å². The highest BCUT2D eigenvalue weighted by Gasteiger charge is 2.34. The molecule has 0 radical (unpaired) electrons. The summed E-state index contributed by atoms with van der Waals surface area (Å²) in [5.74, 6) is 0.503. The molecule has 4 rings (SSSR count). The number of benzene rings is 4. The highest BCUT2D eigenvalue weighted by molar-refractivity contribution is 5.76. The molecule has 48 heavy (non-hydrogen) atoms. The monoisotopic (exact) mass is 652 g/mol. The van der Waals surface area contributed by atoms with Gasteiger partial charge in [0.2, 0.25) is 0 Å². The Hall–Kier alpha value is -4.66. The molecule has 0 spiro atoms. The van der Waals surface area contributed by atoms with Crippen LogP contribution in [-0.4, -0.2) is 36.2 Å². The fourth-order valence-electron chi connectivity index (χ4n) is 5.56. The minimum atomic E-state index is -0.841. The van der Waals surface area contributed by atoms with E-state index in [-0.39, 0.29) is 6.61 Å². The quantitative estimate of drug-likeness (QED) is 0.123. The Balaban J connectivity index is 1.17. The van der Waals surface area contributed by atoms with Crippen molar-refractivity contribution in [3.63, 3.8) is 0 Å². The van der Waals surface area contributed by atoms with Gasteiger partial charge in [0, 0.05) is 5.41 Å². The van der Waals surface area contributed by atoms with E-state index in [1.807, 2.05) is 137 Å². The maximum atomic E-state index is 12.9. The first-order valence-electron chi connectivity index (χ1n) is 16.3. The summed E-state index contributed by atoms with van der Waals surface area (Å²) in [5, 5.41) is 0. The lowest BCUT2D eigenvalue weighted by Gasteiger charge is -2.35. The number of rotatable bonds is 17. The summed E-state index contributed by atoms with van der Waals surface area (Å²) >= 11 is 0. The first-order chi connectivity index (χ1) is 22.9. The maximum absolute atomic E-state index is 12.9. The topological polar surface area (TPSA) is 123 Å². The highest BCUT2D eigenvalue weighted by atomic mass is 16.6. The highest BCUT2D eigenvalue weighted by Crippen LogP contribution is 2.31. The fourth-order valence-corrected chi connectivity index (χ4v) is 5.56. The number of esters is 2. The Kier molecular flexibility index (Phi) is 12.8. The van der Waals surface area contributed by atoms with Gasteiger partial charge in [0.05, 0.1) is 6.61 Å². The van der Waals surface area contributed by atoms with Crippen molar-refractivity contribution in [1.29, 1.82) is 0 Å². The normalized spacial score (nSPS) is 12.9. The Morgan fingerprint density at radius 2 is 1.00 bits per heavy atom. The molecule has 8 heteroatoms. The molecule has 8 nitrogen and oxygen atoms in total. The summed E-state index contributed by atoms with van der Waals surface area (Å²) in [6.07, 6.45) is 1.11. The number of carbonyl (C=O) groups excluding carboxylic acids is 2. The number of carbonyl (C=O) groups is 2. The molecule has 0 amide bonds. The molecule has 0 aromatic heterocycles. The molecule has 254 valence electrons. The van der Waals surface area contributed by atoms with E-state index in [4.69, 9.17) is 30.4 Å². The van der Waals surface area contributed by atoms with Gasteiger partial charge < -0.3 is 30.4 Å². The minimum absolute atomic E-state index is 0.123. The van der Waals surface area contributed by atoms with E-state index >= 15 is 0 Å². The van der Waals surface area contributed by atoms with Gasteiger partial charge in [-0.1, -0.05) is 98.8 Å². The lowest BCUT2D eigenvalue weighted by Crippen LogP contribution is -2.43. The van der Waals surface area contributed by atoms with Crippen LogP contribution in [0.25, 0.3) is 0 Å². The van der Waals surface area contributed by atoms with Gasteiger partial charge in [0.1, 0.15) is 42.4 Å². The molecule has 2 unspecified atom stereocenters. The van der Waals surface area contributed by atoms with Gasteiger partial charge in [-0.25, -0.2) is 0 Å². The molecule has 4 aromatic carbocycles. The van der Waals surface area contributed by atoms with Gasteiger partial charge in [0.25, 0.3) is 0 Å². The molecule has 0 bridgehead atoms. The van der Waals surface area contributed by atoms with E-state index in [1.165, 1.54) is 0 Å². The maximum Gasteiger partial charge on any atom is 0.323 e. The van der Waals surface area contributed by atoms with Crippen molar-refractivity contribution in [2.24, 2.45) is 16.9 Å². The van der Waals surface area contributed by atoms with Gasteiger partial charge in [-0.05, 0) is 79.6 Å². The standard InChI is InChI=1S/C40H48N2O6/c1-39(2,28-47-37(43)35(41)23-29-15-19-33(20-16-29)45-25-31-11-7-5-8-12-31)27-40(3,4)48-38(44)36(42)24-30-17-21-34(22-18-30)46-26-32-13-9-6-10-14-32/h5-22,35-36H,23-28,41-42H2,1-4H3. The Labute approximate surface area is 284 Å². The summed E-state index contributed by atoms with van der Waals surface area (Å²) in [4.78, 5) is 25.7. The van der Waals surface area contributed by atoms with E-state index in [9.17, 15) is 9.59 Å². The zero-order chi connectivity index (χ0) is 34.6. The summed E-state index contributed by atoms with van der Waals surface area (Å²) in [6.45, 7) is 8.65. The van der Waals surface area contributed by atoms with Gasteiger partial charge in [-0.3, -0.25) is 9.59 Å². The lowest BCUT2D eigenvalue weighted by molar-refractivity contribution is -0.163. The molecule has 0 aliphatic carbocycles. The van der Waals surface area contributed by atoms with Crippen LogP contribution in [0.5, 0.6) is 11.5 Å². The average molecular weight is 653 g/mol. The van der Waals surface area contributed by atoms with Crippen molar-refractivity contribution in [2.45, 2.75) is 77.9 Å². The first-order valence-corrected chi connectivity index (χ1v) is 16.3. The lowest BCUT2D eigenvalue weighted by atomic mass is 9.82. The number of nitrogens with two attached hydrogens (primary N) is 2. The average Bonchev–Trinajstić information content (AvgIpc) is 3.06. The van der Waals surface area contributed by atoms with E-state index in [2.05, 4.69) is 0 Å². The molecule has 0 fully saturated rings. The van der Waals surface area contributed by atoms with E-state index in [0.717, 1.165) is 33.8 Å². The van der Waals surface area contributed by atoms with Crippen molar-refractivity contribution >= 4 is 11.9 Å². The molecule has 4 aromatic rings. The second kappa shape index (κ2) is 16.9. The van der Waals surface area contributed by atoms with Crippen molar-refractivity contribution in [2.75, 3.05) is 6.61 Å². The van der Waals surface area contributed by atoms with Gasteiger partial charge in [-0.2, -0.15) is 0 Å². The van der Waals surface area contributed by atoms with Crippen molar-refractivity contribution in [3.8, 4) is 11.5 Å². The molecular weight excluding hydrogens is 604 g/mol. The Morgan fingerprint density at radius 3 is 1.44 bits per heavy atom. The Morgan fingerprint density at radius 1 is 0.583 bits per heavy atom. The number of ether oxygens (including phenoxy) is 4. The summed E-state index contributed by atoms with van der Waals surface area (Å²) < 4.78 is 23.1. The van der Waals surface area contributed by atoms with Crippen LogP contribution in [0.4, 0.5) is 0 Å². The third-order valence-electron chi connectivity index (χ3n) is 7.75. The van der Waals surface area contributed by atoms with Gasteiger partial charge in [0.15, 0.2) is 0 Å². The predicted octanol–water partition coefficient (Wildman–Crippen LogP) is 6.57. The SMILES string of the molecule is CC(C)(COC(=O)C(N)Cc1ccc(OCc2ccccc2)cc1)CC(C)(C)OC(=O)C(N)Cc1ccc(OCc2ccccc2)cc1. The van der Waals surface area contributed by atoms with E-state index in [1.54, 1.807) is 0 Å². The Bertz CT molecular complexity index is 1570. The van der Waals surface area contributed by atoms with Crippen molar-refractivity contribution < 1.29 is 28.5 Å². The van der Waals surface area contributed by atoms with Crippen molar-refractivity contribution in [1.82, 2.24) is 0 Å². The van der Waals surface area contributed by atoms with Crippen LogP contribution in [0.15, 0.2) is 109 Å². The van der Waals surface area contributed by atoms with Crippen LogP contribution in [-0.2, 0) is 45.1 Å². The van der Waals surface area contributed by atoms with Crippen LogP contribution in [0, 0.1) is 5.41 Å². The zero-order valence-electron chi connectivity index (χ0n) is 28.4. The third kappa shape index (κ3) is 12.2. The molecule has 0 saturated heterocycles. The predicted molar refractivity (Wildman–Crippen MR) is 187 cm³/mol. The van der Waals surface area contributed by atoms with Crippen LogP contribution in [0.2, 0.25) is 0 Å². The number of hydrogen-bond acceptors (Lipinski definition) is 8. The number of hydrogen-bond donors (Lipinski definition) is 2. The summed E-state index contributed by atoms with van der Waals surface area (Å²) in [7, 11) is 0. The van der Waals surface area contributed by atoms with Crippen LogP contribution in [0.3, 0.4) is 0 Å². The van der Waals surface area contributed by atoms with Crippen LogP contribution < -0.4 is 20.9 Å². The van der Waals surface area contributed by atoms with Crippen molar-refractivity contribution in [3.05, 3.63) is 131 Å². The third-order valence-corrected chi connectivity index (χ3v) is 7.75. The molecule has 0 heterocycles. The molecule has 4 N–H and O–H groups in total. The van der Waals surface area contributed by atoms with E-state index in [0.29, 0.717) is 32.5 Å². The van der Waals surface area contributed by atoms with E-state index < -0.39 is 35.0 Å². The van der Waals surface area contributed by atoms with Crippen LogP contribution in [0.1, 0.15) is 56.4 Å². The summed E-state index contributed by atoms with van der Waals surface area (Å²) in [6, 6.07) is 33.3. The smallest absolute Gasteiger partial charge is 0.323 e. The van der Waals surface area contributed by atoms with Crippen LogP contribution >= 0.6 is 0 Å². The molecule has 2 atom stereocenters. The fraction of sp³-hybridized carbons (Fsp3) is 0.350. The zero-order valence-corrected chi connectivity index (χ0v) is 28.4. The second-order valence-electron chi connectivity index (χ2n) is 13.6. The second-order valence-corrected chi connectivity index (χ2v) is 13.6. The van der Waals surface area contributed by atoms with Gasteiger partial charge >= 0.3 is 11.9 Å². The molecule has 0 aliphatic rings.